The molecule has 0 spiro atoms. The molecule has 0 bridgehead atoms. The van der Waals surface area contributed by atoms with E-state index in [9.17, 15) is 14.4 Å². The highest BCUT2D eigenvalue weighted by atomic mass is 16.5. The lowest BCUT2D eigenvalue weighted by molar-refractivity contribution is -0.149. The molecule has 2 heterocycles. The zero-order valence-corrected chi connectivity index (χ0v) is 15.7. The van der Waals surface area contributed by atoms with Gasteiger partial charge >= 0.3 is 5.97 Å². The van der Waals surface area contributed by atoms with Crippen molar-refractivity contribution in [2.45, 2.75) is 46.1 Å². The number of carbonyl (C=O) groups is 3. The standard InChI is InChI=1S/C20H26N2O4/c1-4-26-20(25)15-7-9-21(10-8-15)17-12-18(23)22(19(17)24)16-11-13(2)5-6-14(16)3/h5-6,11,15,17H,4,7-10,12H2,1-3H3/t17-/m1/s1. The third-order valence-electron chi connectivity index (χ3n) is 5.32. The van der Waals surface area contributed by atoms with E-state index < -0.39 is 6.04 Å². The van der Waals surface area contributed by atoms with E-state index >= 15 is 0 Å². The van der Waals surface area contributed by atoms with Crippen molar-refractivity contribution in [3.05, 3.63) is 29.3 Å². The van der Waals surface area contributed by atoms with Crippen LogP contribution in [0.25, 0.3) is 0 Å². The Hall–Kier alpha value is -2.21. The van der Waals surface area contributed by atoms with Crippen molar-refractivity contribution in [2.75, 3.05) is 24.6 Å². The number of esters is 1. The maximum absolute atomic E-state index is 13.0. The quantitative estimate of drug-likeness (QED) is 0.610. The molecule has 0 N–H and O–H groups in total. The summed E-state index contributed by atoms with van der Waals surface area (Å²) in [6, 6.07) is 5.37. The van der Waals surface area contributed by atoms with E-state index in [1.54, 1.807) is 6.92 Å². The lowest BCUT2D eigenvalue weighted by atomic mass is 9.95. The summed E-state index contributed by atoms with van der Waals surface area (Å²) in [5.74, 6) is -0.564. The summed E-state index contributed by atoms with van der Waals surface area (Å²) in [4.78, 5) is 40.8. The highest BCUT2D eigenvalue weighted by Crippen LogP contribution is 2.31. The van der Waals surface area contributed by atoms with E-state index in [0.29, 0.717) is 38.2 Å². The topological polar surface area (TPSA) is 66.9 Å². The smallest absolute Gasteiger partial charge is 0.309 e. The van der Waals surface area contributed by atoms with Gasteiger partial charge in [0.2, 0.25) is 5.91 Å². The molecule has 0 aromatic heterocycles. The number of piperidine rings is 1. The van der Waals surface area contributed by atoms with E-state index in [2.05, 4.69) is 0 Å². The third kappa shape index (κ3) is 3.51. The van der Waals surface area contributed by atoms with Crippen LogP contribution in [0.3, 0.4) is 0 Å². The highest BCUT2D eigenvalue weighted by Gasteiger charge is 2.44. The fourth-order valence-corrected chi connectivity index (χ4v) is 3.82. The van der Waals surface area contributed by atoms with Gasteiger partial charge in [0.15, 0.2) is 0 Å². The van der Waals surface area contributed by atoms with Gasteiger partial charge in [-0.1, -0.05) is 12.1 Å². The Morgan fingerprint density at radius 1 is 1.19 bits per heavy atom. The zero-order chi connectivity index (χ0) is 18.8. The minimum atomic E-state index is -0.425. The summed E-state index contributed by atoms with van der Waals surface area (Å²) >= 11 is 0. The van der Waals surface area contributed by atoms with E-state index in [0.717, 1.165) is 11.1 Å². The summed E-state index contributed by atoms with van der Waals surface area (Å²) < 4.78 is 5.09. The van der Waals surface area contributed by atoms with Crippen LogP contribution in [0.15, 0.2) is 18.2 Å². The second kappa shape index (κ2) is 7.58. The van der Waals surface area contributed by atoms with E-state index in [4.69, 9.17) is 4.74 Å². The molecule has 6 nitrogen and oxygen atoms in total. The van der Waals surface area contributed by atoms with Crippen LogP contribution in [0.4, 0.5) is 5.69 Å². The molecule has 2 saturated heterocycles. The van der Waals surface area contributed by atoms with Crippen molar-refractivity contribution in [3.8, 4) is 0 Å². The lowest BCUT2D eigenvalue weighted by Crippen LogP contribution is -2.47. The van der Waals surface area contributed by atoms with Gasteiger partial charge in [0.1, 0.15) is 0 Å². The van der Waals surface area contributed by atoms with Crippen molar-refractivity contribution in [1.82, 2.24) is 4.90 Å². The number of anilines is 1. The van der Waals surface area contributed by atoms with Gasteiger partial charge in [-0.15, -0.1) is 0 Å². The molecule has 6 heteroatoms. The highest BCUT2D eigenvalue weighted by molar-refractivity contribution is 6.22. The van der Waals surface area contributed by atoms with Crippen LogP contribution in [0, 0.1) is 19.8 Å². The first kappa shape index (κ1) is 18.6. The molecule has 2 aliphatic rings. The van der Waals surface area contributed by atoms with E-state index in [1.807, 2.05) is 36.9 Å². The summed E-state index contributed by atoms with van der Waals surface area (Å²) in [5.41, 5.74) is 2.62. The van der Waals surface area contributed by atoms with Gasteiger partial charge in [-0.2, -0.15) is 0 Å². The second-order valence-corrected chi connectivity index (χ2v) is 7.14. The number of nitrogens with zero attached hydrogens (tertiary/aromatic N) is 2. The Bertz CT molecular complexity index is 723. The predicted octanol–water partition coefficient (Wildman–Crippen LogP) is 2.21. The van der Waals surface area contributed by atoms with Crippen molar-refractivity contribution in [1.29, 1.82) is 0 Å². The molecule has 2 amide bonds. The summed E-state index contributed by atoms with van der Waals surface area (Å²) in [6.45, 7) is 7.32. The fourth-order valence-electron chi connectivity index (χ4n) is 3.82. The van der Waals surface area contributed by atoms with Gasteiger partial charge in [0.05, 0.1) is 30.7 Å². The van der Waals surface area contributed by atoms with Crippen LogP contribution < -0.4 is 4.90 Å². The van der Waals surface area contributed by atoms with Gasteiger partial charge < -0.3 is 4.74 Å². The first-order valence-corrected chi connectivity index (χ1v) is 9.27. The number of likely N-dealkylation sites (tertiary alicyclic amines) is 1. The van der Waals surface area contributed by atoms with Gasteiger partial charge in [-0.3, -0.25) is 19.3 Å². The predicted molar refractivity (Wildman–Crippen MR) is 97.7 cm³/mol. The number of hydrogen-bond donors (Lipinski definition) is 0. The fraction of sp³-hybridized carbons (Fsp3) is 0.550. The van der Waals surface area contributed by atoms with Gasteiger partial charge in [0.25, 0.3) is 5.91 Å². The van der Waals surface area contributed by atoms with Crippen LogP contribution in [0.2, 0.25) is 0 Å². The number of benzene rings is 1. The van der Waals surface area contributed by atoms with Gasteiger partial charge in [-0.25, -0.2) is 4.90 Å². The lowest BCUT2D eigenvalue weighted by Gasteiger charge is -2.33. The molecule has 2 aliphatic heterocycles. The largest absolute Gasteiger partial charge is 0.466 e. The number of aryl methyl sites for hydroxylation is 2. The molecule has 0 radical (unpaired) electrons. The Balaban J connectivity index is 1.70. The molecule has 0 saturated carbocycles. The molecule has 26 heavy (non-hydrogen) atoms. The average Bonchev–Trinajstić information content (AvgIpc) is 2.92. The third-order valence-corrected chi connectivity index (χ3v) is 5.32. The number of hydrogen-bond acceptors (Lipinski definition) is 5. The minimum Gasteiger partial charge on any atom is -0.466 e. The molecule has 2 fully saturated rings. The zero-order valence-electron chi connectivity index (χ0n) is 15.7. The number of rotatable bonds is 4. The molecule has 140 valence electrons. The Labute approximate surface area is 154 Å². The Morgan fingerprint density at radius 3 is 2.54 bits per heavy atom. The number of carbonyl (C=O) groups excluding carboxylic acids is 3. The van der Waals surface area contributed by atoms with Crippen LogP contribution in [0.5, 0.6) is 0 Å². The van der Waals surface area contributed by atoms with Crippen LogP contribution in [-0.2, 0) is 19.1 Å². The van der Waals surface area contributed by atoms with Crippen molar-refractivity contribution < 1.29 is 19.1 Å². The molecule has 0 unspecified atom stereocenters. The summed E-state index contributed by atoms with van der Waals surface area (Å²) in [5, 5.41) is 0. The molecule has 0 aliphatic carbocycles. The van der Waals surface area contributed by atoms with Crippen LogP contribution in [-0.4, -0.2) is 48.4 Å². The maximum Gasteiger partial charge on any atom is 0.309 e. The maximum atomic E-state index is 13.0. The molecule has 1 aromatic carbocycles. The number of ether oxygens (including phenoxy) is 1. The van der Waals surface area contributed by atoms with Crippen molar-refractivity contribution in [3.63, 3.8) is 0 Å². The Kier molecular flexibility index (Phi) is 5.41. The number of amides is 2. The van der Waals surface area contributed by atoms with E-state index in [1.165, 1.54) is 4.90 Å². The monoisotopic (exact) mass is 358 g/mol. The van der Waals surface area contributed by atoms with Crippen molar-refractivity contribution in [2.24, 2.45) is 5.92 Å². The summed E-state index contributed by atoms with van der Waals surface area (Å²) in [7, 11) is 0. The van der Waals surface area contributed by atoms with Crippen molar-refractivity contribution >= 4 is 23.5 Å². The van der Waals surface area contributed by atoms with Crippen LogP contribution in [0.1, 0.15) is 37.3 Å². The second-order valence-electron chi connectivity index (χ2n) is 7.14. The average molecular weight is 358 g/mol. The molecule has 1 aromatic rings. The first-order valence-electron chi connectivity index (χ1n) is 9.27. The molecular weight excluding hydrogens is 332 g/mol. The first-order chi connectivity index (χ1) is 12.4. The van der Waals surface area contributed by atoms with Gasteiger partial charge in [-0.05, 0) is 63.9 Å². The normalized spacial score (nSPS) is 22.1. The van der Waals surface area contributed by atoms with Crippen LogP contribution >= 0.6 is 0 Å². The van der Waals surface area contributed by atoms with E-state index in [-0.39, 0.29) is 30.1 Å². The Morgan fingerprint density at radius 2 is 1.88 bits per heavy atom. The summed E-state index contributed by atoms with van der Waals surface area (Å²) in [6.07, 6.45) is 1.54. The number of imide groups is 1. The SMILES string of the molecule is CCOC(=O)C1CCN([C@@H]2CC(=O)N(c3cc(C)ccc3C)C2=O)CC1. The minimum absolute atomic E-state index is 0.103. The molecule has 1 atom stereocenters. The molecule has 3 rings (SSSR count). The van der Waals surface area contributed by atoms with Gasteiger partial charge in [0, 0.05) is 0 Å². The molecular formula is C20H26N2O4.